The average molecular weight is 307 g/mol. The highest BCUT2D eigenvalue weighted by Gasteiger charge is 2.40. The third-order valence-electron chi connectivity index (χ3n) is 3.88. The maximum Gasteiger partial charge on any atom is 0.151 e. The Labute approximate surface area is 117 Å². The molecule has 0 aromatic carbocycles. The van der Waals surface area contributed by atoms with Crippen LogP contribution in [0, 0.1) is 5.41 Å². The van der Waals surface area contributed by atoms with E-state index in [0.717, 1.165) is 16.5 Å². The molecule has 2 nitrogen and oxygen atoms in total. The number of fused-ring (bicyclic) bond motifs is 3. The summed E-state index contributed by atoms with van der Waals surface area (Å²) in [4.78, 5) is 4.86. The summed E-state index contributed by atoms with van der Waals surface area (Å²) >= 11 is 3.61. The number of rotatable bonds is 0. The van der Waals surface area contributed by atoms with Crippen molar-refractivity contribution in [3.05, 3.63) is 34.2 Å². The van der Waals surface area contributed by atoms with Crippen LogP contribution in [-0.4, -0.2) is 9.38 Å². The van der Waals surface area contributed by atoms with Gasteiger partial charge >= 0.3 is 0 Å². The molecule has 2 aromatic heterocycles. The minimum atomic E-state index is 0.178. The highest BCUT2D eigenvalue weighted by Crippen LogP contribution is 2.45. The van der Waals surface area contributed by atoms with Gasteiger partial charge in [-0.05, 0) is 46.3 Å². The van der Waals surface area contributed by atoms with E-state index >= 15 is 0 Å². The summed E-state index contributed by atoms with van der Waals surface area (Å²) in [6.45, 7) is 9.36. The molecule has 0 unspecified atom stereocenters. The van der Waals surface area contributed by atoms with Crippen molar-refractivity contribution in [2.45, 2.75) is 46.0 Å². The zero-order chi connectivity index (χ0) is 13.1. The highest BCUT2D eigenvalue weighted by molar-refractivity contribution is 9.10. The zero-order valence-electron chi connectivity index (χ0n) is 11.4. The molecule has 0 bridgehead atoms. The molecule has 3 rings (SSSR count). The third-order valence-corrected chi connectivity index (χ3v) is 4.50. The first-order valence-corrected chi connectivity index (χ1v) is 7.25. The molecule has 0 radical (unpaired) electrons. The Kier molecular flexibility index (Phi) is 2.44. The second-order valence-corrected chi connectivity index (χ2v) is 7.71. The number of imidazole rings is 1. The van der Waals surface area contributed by atoms with Crippen molar-refractivity contribution < 1.29 is 0 Å². The summed E-state index contributed by atoms with van der Waals surface area (Å²) in [5.41, 5.74) is 4.22. The second kappa shape index (κ2) is 3.60. The van der Waals surface area contributed by atoms with E-state index in [0.29, 0.717) is 5.41 Å². The van der Waals surface area contributed by atoms with Crippen LogP contribution in [0.15, 0.2) is 22.8 Å². The van der Waals surface area contributed by atoms with E-state index in [4.69, 9.17) is 4.98 Å². The maximum absolute atomic E-state index is 4.86. The van der Waals surface area contributed by atoms with Gasteiger partial charge in [-0.3, -0.25) is 0 Å². The zero-order valence-corrected chi connectivity index (χ0v) is 13.0. The van der Waals surface area contributed by atoms with Gasteiger partial charge in [-0.25, -0.2) is 4.98 Å². The molecule has 2 aromatic rings. The van der Waals surface area contributed by atoms with Gasteiger partial charge in [0.1, 0.15) is 0 Å². The fourth-order valence-corrected chi connectivity index (χ4v) is 4.15. The largest absolute Gasteiger partial charge is 0.302 e. The van der Waals surface area contributed by atoms with Crippen molar-refractivity contribution in [3.8, 4) is 0 Å². The number of hydrogen-bond donors (Lipinski definition) is 0. The van der Waals surface area contributed by atoms with E-state index < -0.39 is 0 Å². The number of nitrogens with zero attached hydrogens (tertiary/aromatic N) is 2. The van der Waals surface area contributed by atoms with Gasteiger partial charge in [-0.1, -0.05) is 27.7 Å². The first-order valence-electron chi connectivity index (χ1n) is 6.46. The summed E-state index contributed by atoms with van der Waals surface area (Å²) in [5, 5.41) is 0. The van der Waals surface area contributed by atoms with Crippen LogP contribution in [0.5, 0.6) is 0 Å². The smallest absolute Gasteiger partial charge is 0.151 e. The SMILES string of the molecule is CC1(C)Cc2nc3c(Br)cccn3c2C(C)(C)C1. The molecule has 1 aliphatic carbocycles. The molecular weight excluding hydrogens is 288 g/mol. The van der Waals surface area contributed by atoms with Crippen LogP contribution in [-0.2, 0) is 11.8 Å². The first-order chi connectivity index (χ1) is 8.30. The molecule has 1 aliphatic rings. The lowest BCUT2D eigenvalue weighted by Crippen LogP contribution is -2.35. The first kappa shape index (κ1) is 12.2. The molecule has 0 fully saturated rings. The fraction of sp³-hybridized carbons (Fsp3) is 0.533. The molecule has 0 atom stereocenters. The molecule has 0 amide bonds. The highest BCUT2D eigenvalue weighted by atomic mass is 79.9. The lowest BCUT2D eigenvalue weighted by Gasteiger charge is -2.40. The Bertz CT molecular complexity index is 623. The van der Waals surface area contributed by atoms with Crippen molar-refractivity contribution in [2.75, 3.05) is 0 Å². The van der Waals surface area contributed by atoms with E-state index in [1.54, 1.807) is 0 Å². The van der Waals surface area contributed by atoms with Gasteiger partial charge in [0, 0.05) is 11.6 Å². The number of aromatic nitrogens is 2. The van der Waals surface area contributed by atoms with Gasteiger partial charge in [-0.15, -0.1) is 0 Å². The Morgan fingerprint density at radius 3 is 2.72 bits per heavy atom. The molecule has 18 heavy (non-hydrogen) atoms. The average Bonchev–Trinajstić information content (AvgIpc) is 2.54. The molecule has 0 aliphatic heterocycles. The van der Waals surface area contributed by atoms with Crippen LogP contribution in [0.4, 0.5) is 0 Å². The Hall–Kier alpha value is -0.830. The van der Waals surface area contributed by atoms with Crippen LogP contribution < -0.4 is 0 Å². The van der Waals surface area contributed by atoms with E-state index in [2.05, 4.69) is 66.4 Å². The third kappa shape index (κ3) is 1.71. The van der Waals surface area contributed by atoms with Crippen molar-refractivity contribution in [1.82, 2.24) is 9.38 Å². The van der Waals surface area contributed by atoms with E-state index in [1.807, 2.05) is 0 Å². The topological polar surface area (TPSA) is 17.3 Å². The number of halogens is 1. The number of pyridine rings is 1. The Morgan fingerprint density at radius 2 is 2.00 bits per heavy atom. The summed E-state index contributed by atoms with van der Waals surface area (Å²) in [6, 6.07) is 4.14. The lowest BCUT2D eigenvalue weighted by molar-refractivity contribution is 0.224. The monoisotopic (exact) mass is 306 g/mol. The van der Waals surface area contributed by atoms with Gasteiger partial charge in [0.05, 0.1) is 15.9 Å². The summed E-state index contributed by atoms with van der Waals surface area (Å²) in [7, 11) is 0. The predicted octanol–water partition coefficient (Wildman–Crippen LogP) is 4.35. The quantitative estimate of drug-likeness (QED) is 0.707. The van der Waals surface area contributed by atoms with E-state index in [1.165, 1.54) is 17.8 Å². The van der Waals surface area contributed by atoms with Crippen molar-refractivity contribution in [3.63, 3.8) is 0 Å². The summed E-state index contributed by atoms with van der Waals surface area (Å²) in [5.74, 6) is 0. The van der Waals surface area contributed by atoms with Gasteiger partial charge in [-0.2, -0.15) is 0 Å². The molecule has 3 heteroatoms. The molecule has 0 spiro atoms. The van der Waals surface area contributed by atoms with Gasteiger partial charge in [0.2, 0.25) is 0 Å². The van der Waals surface area contributed by atoms with Gasteiger partial charge in [0.25, 0.3) is 0 Å². The normalized spacial score (nSPS) is 20.9. The summed E-state index contributed by atoms with van der Waals surface area (Å²) < 4.78 is 3.34. The van der Waals surface area contributed by atoms with Crippen molar-refractivity contribution in [1.29, 1.82) is 0 Å². The lowest BCUT2D eigenvalue weighted by atomic mass is 9.66. The minimum absolute atomic E-state index is 0.178. The number of hydrogen-bond acceptors (Lipinski definition) is 1. The second-order valence-electron chi connectivity index (χ2n) is 6.86. The predicted molar refractivity (Wildman–Crippen MR) is 78.0 cm³/mol. The van der Waals surface area contributed by atoms with Crippen LogP contribution in [0.3, 0.4) is 0 Å². The van der Waals surface area contributed by atoms with Crippen LogP contribution in [0.2, 0.25) is 0 Å². The van der Waals surface area contributed by atoms with Crippen molar-refractivity contribution >= 4 is 21.6 Å². The van der Waals surface area contributed by atoms with E-state index in [-0.39, 0.29) is 5.41 Å². The van der Waals surface area contributed by atoms with Crippen LogP contribution in [0.25, 0.3) is 5.65 Å². The maximum atomic E-state index is 4.86. The van der Waals surface area contributed by atoms with Crippen LogP contribution in [0.1, 0.15) is 45.5 Å². The van der Waals surface area contributed by atoms with Crippen LogP contribution >= 0.6 is 15.9 Å². The molecule has 0 saturated carbocycles. The van der Waals surface area contributed by atoms with Gasteiger partial charge < -0.3 is 4.40 Å². The molecule has 0 N–H and O–H groups in total. The van der Waals surface area contributed by atoms with Gasteiger partial charge in [0.15, 0.2) is 5.65 Å². The Balaban J connectivity index is 2.34. The molecular formula is C15H19BrN2. The minimum Gasteiger partial charge on any atom is -0.302 e. The molecule has 96 valence electrons. The Morgan fingerprint density at radius 1 is 1.28 bits per heavy atom. The molecule has 2 heterocycles. The summed E-state index contributed by atoms with van der Waals surface area (Å²) in [6.07, 6.45) is 4.40. The van der Waals surface area contributed by atoms with Crippen molar-refractivity contribution in [2.24, 2.45) is 5.41 Å². The fourth-order valence-electron chi connectivity index (χ4n) is 3.72. The molecule has 0 saturated heterocycles. The van der Waals surface area contributed by atoms with E-state index in [9.17, 15) is 0 Å². The standard InChI is InChI=1S/C15H19BrN2/c1-14(2)8-11-12(15(3,4)9-14)18-7-5-6-10(16)13(18)17-11/h5-7H,8-9H2,1-4H3.